The minimum atomic E-state index is -4.52. The number of piperazine rings is 1. The lowest BCUT2D eigenvalue weighted by Gasteiger charge is -2.35. The van der Waals surface area contributed by atoms with Crippen LogP contribution in [0, 0.1) is 0 Å². The average molecular weight is 458 g/mol. The Morgan fingerprint density at radius 1 is 1.13 bits per heavy atom. The number of rotatable bonds is 5. The van der Waals surface area contributed by atoms with Gasteiger partial charge in [-0.3, -0.25) is 4.79 Å². The van der Waals surface area contributed by atoms with Crippen molar-refractivity contribution in [2.24, 2.45) is 0 Å². The fourth-order valence-electron chi connectivity index (χ4n) is 3.02. The van der Waals surface area contributed by atoms with Crippen LogP contribution in [0.5, 0.6) is 5.75 Å². The largest absolute Gasteiger partial charge is 0.497 e. The van der Waals surface area contributed by atoms with Gasteiger partial charge in [0.1, 0.15) is 11.6 Å². The van der Waals surface area contributed by atoms with Crippen LogP contribution < -0.4 is 9.64 Å². The summed E-state index contributed by atoms with van der Waals surface area (Å²) in [6.45, 7) is 0.826. The van der Waals surface area contributed by atoms with Crippen molar-refractivity contribution in [1.82, 2.24) is 9.88 Å². The van der Waals surface area contributed by atoms with E-state index >= 15 is 0 Å². The van der Waals surface area contributed by atoms with E-state index in [2.05, 4.69) is 4.98 Å². The van der Waals surface area contributed by atoms with Gasteiger partial charge in [-0.2, -0.15) is 13.2 Å². The Morgan fingerprint density at radius 3 is 2.32 bits per heavy atom. The topological polar surface area (TPSA) is 72.0 Å². The first-order valence-corrected chi connectivity index (χ1v) is 9.63. The lowest BCUT2D eigenvalue weighted by atomic mass is 10.2. The molecule has 0 N–H and O–H groups in total. The standard InChI is InChI=1S/C20H19ClF3N3O4/c1-30-15-4-2-13(3-5-15)19(29)31-12-17(28)26-6-8-27(9-7-26)18-16(21)10-14(11-25-18)20(22,23)24/h2-5,10-11H,6-9,12H2,1H3. The van der Waals surface area contributed by atoms with E-state index < -0.39 is 24.3 Å². The van der Waals surface area contributed by atoms with Gasteiger partial charge in [-0.05, 0) is 30.3 Å². The third kappa shape index (κ3) is 5.57. The van der Waals surface area contributed by atoms with Gasteiger partial charge in [0.05, 0.1) is 23.3 Å². The SMILES string of the molecule is COc1ccc(C(=O)OCC(=O)N2CCN(c3ncc(C(F)(F)F)cc3Cl)CC2)cc1. The van der Waals surface area contributed by atoms with Gasteiger partial charge in [0.2, 0.25) is 0 Å². The maximum Gasteiger partial charge on any atom is 0.417 e. The molecule has 1 aromatic heterocycles. The minimum Gasteiger partial charge on any atom is -0.497 e. The summed E-state index contributed by atoms with van der Waals surface area (Å²) in [7, 11) is 1.51. The van der Waals surface area contributed by atoms with Gasteiger partial charge in [-0.1, -0.05) is 11.6 Å². The molecule has 1 fully saturated rings. The fourth-order valence-corrected chi connectivity index (χ4v) is 3.30. The first kappa shape index (κ1) is 22.7. The Morgan fingerprint density at radius 2 is 1.77 bits per heavy atom. The number of benzene rings is 1. The fraction of sp³-hybridized carbons (Fsp3) is 0.350. The van der Waals surface area contributed by atoms with Crippen molar-refractivity contribution in [3.63, 3.8) is 0 Å². The van der Waals surface area contributed by atoms with E-state index in [1.807, 2.05) is 0 Å². The predicted molar refractivity (Wildman–Crippen MR) is 106 cm³/mol. The quantitative estimate of drug-likeness (QED) is 0.642. The number of hydrogen-bond acceptors (Lipinski definition) is 6. The highest BCUT2D eigenvalue weighted by molar-refractivity contribution is 6.33. The number of methoxy groups -OCH3 is 1. The molecule has 0 bridgehead atoms. The lowest BCUT2D eigenvalue weighted by Crippen LogP contribution is -2.50. The minimum absolute atomic E-state index is 0.108. The maximum atomic E-state index is 12.8. The number of pyridine rings is 1. The van der Waals surface area contributed by atoms with Crippen molar-refractivity contribution in [1.29, 1.82) is 0 Å². The summed E-state index contributed by atoms with van der Waals surface area (Å²) in [6, 6.07) is 7.12. The molecule has 0 atom stereocenters. The summed E-state index contributed by atoms with van der Waals surface area (Å²) in [5.74, 6) is -0.177. The molecule has 1 aliphatic heterocycles. The third-order valence-electron chi connectivity index (χ3n) is 4.73. The molecular formula is C20H19ClF3N3O4. The molecule has 11 heteroatoms. The van der Waals surface area contributed by atoms with E-state index in [1.165, 1.54) is 24.1 Å². The summed E-state index contributed by atoms with van der Waals surface area (Å²) in [5.41, 5.74) is -0.629. The maximum absolute atomic E-state index is 12.8. The van der Waals surface area contributed by atoms with Gasteiger partial charge < -0.3 is 19.3 Å². The monoisotopic (exact) mass is 457 g/mol. The number of esters is 1. The average Bonchev–Trinajstić information content (AvgIpc) is 2.76. The van der Waals surface area contributed by atoms with Gasteiger partial charge in [-0.15, -0.1) is 0 Å². The van der Waals surface area contributed by atoms with E-state index in [9.17, 15) is 22.8 Å². The molecule has 3 rings (SSSR count). The molecule has 7 nitrogen and oxygen atoms in total. The Bertz CT molecular complexity index is 946. The second-order valence-corrected chi connectivity index (χ2v) is 7.11. The van der Waals surface area contributed by atoms with Crippen LogP contribution in [-0.2, 0) is 15.7 Å². The first-order valence-electron chi connectivity index (χ1n) is 9.25. The summed E-state index contributed by atoms with van der Waals surface area (Å²) in [5, 5.41) is -0.108. The van der Waals surface area contributed by atoms with E-state index in [4.69, 9.17) is 21.1 Å². The van der Waals surface area contributed by atoms with Gasteiger partial charge in [0, 0.05) is 32.4 Å². The van der Waals surface area contributed by atoms with Crippen LogP contribution in [0.1, 0.15) is 15.9 Å². The molecule has 31 heavy (non-hydrogen) atoms. The highest BCUT2D eigenvalue weighted by Gasteiger charge is 2.32. The van der Waals surface area contributed by atoms with Crippen LogP contribution in [0.25, 0.3) is 0 Å². The number of alkyl halides is 3. The molecule has 2 heterocycles. The molecule has 0 aliphatic carbocycles. The Kier molecular flexibility index (Phi) is 6.89. The number of nitrogens with zero attached hydrogens (tertiary/aromatic N) is 3. The predicted octanol–water partition coefficient (Wildman–Crippen LogP) is 3.27. The number of ether oxygens (including phenoxy) is 2. The van der Waals surface area contributed by atoms with Crippen LogP contribution in [-0.4, -0.2) is 61.7 Å². The third-order valence-corrected chi connectivity index (χ3v) is 5.01. The molecular weight excluding hydrogens is 439 g/mol. The highest BCUT2D eigenvalue weighted by Crippen LogP contribution is 2.33. The second kappa shape index (κ2) is 9.42. The number of anilines is 1. The van der Waals surface area contributed by atoms with Crippen LogP contribution in [0.2, 0.25) is 5.02 Å². The number of carbonyl (C=O) groups is 2. The summed E-state index contributed by atoms with van der Waals surface area (Å²) in [4.78, 5) is 31.5. The Hall–Kier alpha value is -3.01. The van der Waals surface area contributed by atoms with Crippen molar-refractivity contribution in [2.45, 2.75) is 6.18 Å². The van der Waals surface area contributed by atoms with E-state index in [-0.39, 0.29) is 29.8 Å². The van der Waals surface area contributed by atoms with E-state index in [1.54, 1.807) is 17.0 Å². The normalized spacial score (nSPS) is 14.4. The zero-order valence-corrected chi connectivity index (χ0v) is 17.2. The molecule has 0 unspecified atom stereocenters. The van der Waals surface area contributed by atoms with E-state index in [0.29, 0.717) is 24.4 Å². The molecule has 1 aliphatic rings. The number of aromatic nitrogens is 1. The summed E-state index contributed by atoms with van der Waals surface area (Å²) < 4.78 is 48.4. The number of hydrogen-bond donors (Lipinski definition) is 0. The number of halogens is 4. The molecule has 0 radical (unpaired) electrons. The molecule has 1 saturated heterocycles. The number of carbonyl (C=O) groups excluding carboxylic acids is 2. The molecule has 1 amide bonds. The molecule has 0 spiro atoms. The van der Waals surface area contributed by atoms with Gasteiger partial charge in [0.15, 0.2) is 6.61 Å². The molecule has 1 aromatic carbocycles. The van der Waals surface area contributed by atoms with Crippen LogP contribution in [0.3, 0.4) is 0 Å². The van der Waals surface area contributed by atoms with Crippen LogP contribution >= 0.6 is 11.6 Å². The van der Waals surface area contributed by atoms with Gasteiger partial charge >= 0.3 is 12.1 Å². The molecule has 166 valence electrons. The molecule has 2 aromatic rings. The summed E-state index contributed by atoms with van der Waals surface area (Å²) in [6.07, 6.45) is -3.79. The van der Waals surface area contributed by atoms with Crippen molar-refractivity contribution in [3.8, 4) is 5.75 Å². The zero-order valence-electron chi connectivity index (χ0n) is 16.5. The van der Waals surface area contributed by atoms with Crippen molar-refractivity contribution < 1.29 is 32.2 Å². The smallest absolute Gasteiger partial charge is 0.417 e. The van der Waals surface area contributed by atoms with E-state index in [0.717, 1.165) is 12.3 Å². The number of amides is 1. The highest BCUT2D eigenvalue weighted by atomic mass is 35.5. The van der Waals surface area contributed by atoms with Crippen molar-refractivity contribution in [3.05, 3.63) is 52.7 Å². The summed E-state index contributed by atoms with van der Waals surface area (Å²) >= 11 is 5.98. The van der Waals surface area contributed by atoms with Gasteiger partial charge in [0.25, 0.3) is 5.91 Å². The molecule has 0 saturated carbocycles. The zero-order chi connectivity index (χ0) is 22.6. The van der Waals surface area contributed by atoms with Gasteiger partial charge in [-0.25, -0.2) is 9.78 Å². The lowest BCUT2D eigenvalue weighted by molar-refractivity contribution is -0.138. The second-order valence-electron chi connectivity index (χ2n) is 6.70. The van der Waals surface area contributed by atoms with Crippen LogP contribution in [0.4, 0.5) is 19.0 Å². The Labute approximate surface area is 181 Å². The van der Waals surface area contributed by atoms with Crippen molar-refractivity contribution in [2.75, 3.05) is 44.8 Å². The van der Waals surface area contributed by atoms with Crippen LogP contribution in [0.15, 0.2) is 36.5 Å². The first-order chi connectivity index (χ1) is 14.7. The Balaban J connectivity index is 1.51. The van der Waals surface area contributed by atoms with Crippen molar-refractivity contribution >= 4 is 29.3 Å².